The predicted molar refractivity (Wildman–Crippen MR) is 117 cm³/mol. The molecular formula is C22H20N2O3S2. The number of fused-ring (bicyclic) bond motifs is 4. The van der Waals surface area contributed by atoms with Gasteiger partial charge in [-0.25, -0.2) is 8.42 Å². The molecule has 148 valence electrons. The first kappa shape index (κ1) is 18.5. The summed E-state index contributed by atoms with van der Waals surface area (Å²) in [5, 5.41) is 9.46. The molecule has 0 saturated carbocycles. The van der Waals surface area contributed by atoms with E-state index >= 15 is 0 Å². The number of aromatic nitrogens is 2. The van der Waals surface area contributed by atoms with Gasteiger partial charge in [0.15, 0.2) is 5.03 Å². The molecule has 0 aliphatic carbocycles. The van der Waals surface area contributed by atoms with Crippen molar-refractivity contribution in [3.63, 3.8) is 0 Å². The molecule has 4 aromatic rings. The highest BCUT2D eigenvalue weighted by Crippen LogP contribution is 2.39. The number of benzene rings is 3. The molecule has 3 aromatic carbocycles. The van der Waals surface area contributed by atoms with E-state index in [1.165, 1.54) is 0 Å². The van der Waals surface area contributed by atoms with Gasteiger partial charge in [-0.1, -0.05) is 36.4 Å². The third-order valence-electron chi connectivity index (χ3n) is 5.57. The summed E-state index contributed by atoms with van der Waals surface area (Å²) >= 11 is 4.34. The summed E-state index contributed by atoms with van der Waals surface area (Å²) in [5.41, 5.74) is 1.55. The van der Waals surface area contributed by atoms with Gasteiger partial charge in [-0.2, -0.15) is 17.7 Å². The Morgan fingerprint density at radius 2 is 1.93 bits per heavy atom. The molecule has 5 nitrogen and oxygen atoms in total. The van der Waals surface area contributed by atoms with Crippen LogP contribution in [0, 0.1) is 5.92 Å². The highest BCUT2D eigenvalue weighted by Gasteiger charge is 2.30. The van der Waals surface area contributed by atoms with E-state index in [-0.39, 0.29) is 9.92 Å². The van der Waals surface area contributed by atoms with Crippen molar-refractivity contribution in [2.45, 2.75) is 22.8 Å². The lowest BCUT2D eigenvalue weighted by atomic mass is 9.92. The van der Waals surface area contributed by atoms with Gasteiger partial charge in [-0.3, -0.25) is 5.10 Å². The summed E-state index contributed by atoms with van der Waals surface area (Å²) in [4.78, 5) is 0.280. The minimum atomic E-state index is -3.80. The van der Waals surface area contributed by atoms with Crippen LogP contribution in [0.25, 0.3) is 21.7 Å². The van der Waals surface area contributed by atoms with Crippen LogP contribution in [0.5, 0.6) is 5.75 Å². The van der Waals surface area contributed by atoms with Gasteiger partial charge in [-0.15, -0.1) is 0 Å². The molecule has 0 saturated heterocycles. The third kappa shape index (κ3) is 3.00. The molecule has 0 radical (unpaired) electrons. The number of nitrogens with zero attached hydrogens (tertiary/aromatic N) is 1. The molecule has 1 atom stereocenters. The molecule has 1 N–H and O–H groups in total. The maximum Gasteiger partial charge on any atom is 0.224 e. The largest absolute Gasteiger partial charge is 0.493 e. The van der Waals surface area contributed by atoms with Crippen LogP contribution in [-0.4, -0.2) is 31.0 Å². The first-order valence-electron chi connectivity index (χ1n) is 9.56. The average molecular weight is 425 g/mol. The number of hydrogen-bond donors (Lipinski definition) is 2. The van der Waals surface area contributed by atoms with Gasteiger partial charge in [0, 0.05) is 16.3 Å². The molecule has 29 heavy (non-hydrogen) atoms. The van der Waals surface area contributed by atoms with E-state index in [9.17, 15) is 8.42 Å². The molecular weight excluding hydrogens is 404 g/mol. The van der Waals surface area contributed by atoms with E-state index in [0.717, 1.165) is 35.3 Å². The predicted octanol–water partition coefficient (Wildman–Crippen LogP) is 4.42. The second-order valence-electron chi connectivity index (χ2n) is 7.36. The average Bonchev–Trinajstić information content (AvgIpc) is 3.19. The molecule has 1 aliphatic heterocycles. The molecule has 7 heteroatoms. The maximum atomic E-state index is 13.7. The molecule has 1 aliphatic rings. The fourth-order valence-corrected chi connectivity index (χ4v) is 6.11. The Kier molecular flexibility index (Phi) is 4.52. The fraction of sp³-hybridized carbons (Fsp3) is 0.227. The van der Waals surface area contributed by atoms with Gasteiger partial charge in [0.1, 0.15) is 5.75 Å². The quantitative estimate of drug-likeness (QED) is 0.476. The van der Waals surface area contributed by atoms with E-state index in [4.69, 9.17) is 4.74 Å². The lowest BCUT2D eigenvalue weighted by Gasteiger charge is -2.25. The van der Waals surface area contributed by atoms with E-state index in [1.807, 2.05) is 42.5 Å². The van der Waals surface area contributed by atoms with Gasteiger partial charge in [0.05, 0.1) is 17.0 Å². The normalized spacial score (nSPS) is 16.7. The summed E-state index contributed by atoms with van der Waals surface area (Å²) in [6.45, 7) is 0.627. The number of aromatic amines is 1. The monoisotopic (exact) mass is 424 g/mol. The van der Waals surface area contributed by atoms with Gasteiger partial charge in [0.2, 0.25) is 9.84 Å². The molecule has 0 bridgehead atoms. The van der Waals surface area contributed by atoms with E-state index < -0.39 is 9.84 Å². The molecule has 1 aromatic heterocycles. The van der Waals surface area contributed by atoms with Crippen LogP contribution in [-0.2, 0) is 16.3 Å². The summed E-state index contributed by atoms with van der Waals surface area (Å²) in [6.07, 6.45) is 1.67. The van der Waals surface area contributed by atoms with Crippen LogP contribution < -0.4 is 4.74 Å². The van der Waals surface area contributed by atoms with Crippen LogP contribution in [0.2, 0.25) is 0 Å². The summed E-state index contributed by atoms with van der Waals surface area (Å²) in [6, 6.07) is 16.5. The first-order chi connectivity index (χ1) is 14.1. The van der Waals surface area contributed by atoms with Crippen molar-refractivity contribution in [3.05, 3.63) is 60.2 Å². The lowest BCUT2D eigenvalue weighted by molar-refractivity contribution is 0.220. The number of sulfone groups is 1. The van der Waals surface area contributed by atoms with Gasteiger partial charge in [-0.05, 0) is 48.1 Å². The number of H-pyrrole nitrogens is 1. The van der Waals surface area contributed by atoms with Crippen LogP contribution in [0.4, 0.5) is 0 Å². The SMILES string of the molecule is O=S(=O)(c1cccc2ccccc12)c1[nH]nc2ccc3c(c12)CC(CCS)CO3. The number of nitrogens with one attached hydrogen (secondary N) is 1. The van der Waals surface area contributed by atoms with E-state index in [2.05, 4.69) is 22.8 Å². The standard InChI is InChI=1S/C22H20N2O3S2/c25-29(26,20-7-3-5-15-4-1-2-6-16(15)20)22-21-17-12-14(10-11-28)13-27-19(17)9-8-18(21)23-24-22/h1-9,14,28H,10-13H2,(H,23,24). The van der Waals surface area contributed by atoms with Crippen molar-refractivity contribution >= 4 is 44.1 Å². The zero-order chi connectivity index (χ0) is 20.0. The molecule has 2 heterocycles. The van der Waals surface area contributed by atoms with Crippen LogP contribution >= 0.6 is 12.6 Å². The highest BCUT2D eigenvalue weighted by atomic mass is 32.2. The molecule has 5 rings (SSSR count). The number of thiol groups is 1. The maximum absolute atomic E-state index is 13.7. The zero-order valence-electron chi connectivity index (χ0n) is 15.6. The van der Waals surface area contributed by atoms with Crippen molar-refractivity contribution in [2.75, 3.05) is 12.4 Å². The summed E-state index contributed by atoms with van der Waals surface area (Å²) in [5.74, 6) is 1.82. The Balaban J connectivity index is 1.73. The lowest BCUT2D eigenvalue weighted by Crippen LogP contribution is -2.21. The molecule has 1 unspecified atom stereocenters. The minimum absolute atomic E-state index is 0.135. The van der Waals surface area contributed by atoms with Crippen molar-refractivity contribution in [3.8, 4) is 5.75 Å². The Morgan fingerprint density at radius 3 is 2.79 bits per heavy atom. The Hall–Kier alpha value is -2.51. The second-order valence-corrected chi connectivity index (χ2v) is 9.67. The first-order valence-corrected chi connectivity index (χ1v) is 11.7. The second kappa shape index (κ2) is 7.07. The summed E-state index contributed by atoms with van der Waals surface area (Å²) < 4.78 is 33.3. The molecule has 0 fully saturated rings. The third-order valence-corrected chi connectivity index (χ3v) is 7.59. The van der Waals surface area contributed by atoms with E-state index in [1.54, 1.807) is 12.1 Å². The molecule has 0 spiro atoms. The van der Waals surface area contributed by atoms with Crippen molar-refractivity contribution in [1.82, 2.24) is 10.2 Å². The number of ether oxygens (including phenoxy) is 1. The number of hydrogen-bond acceptors (Lipinski definition) is 5. The van der Waals surface area contributed by atoms with Crippen LogP contribution in [0.15, 0.2) is 64.5 Å². The Morgan fingerprint density at radius 1 is 1.10 bits per heavy atom. The van der Waals surface area contributed by atoms with E-state index in [0.29, 0.717) is 28.8 Å². The topological polar surface area (TPSA) is 72.0 Å². The van der Waals surface area contributed by atoms with Crippen molar-refractivity contribution in [2.24, 2.45) is 5.92 Å². The van der Waals surface area contributed by atoms with Crippen molar-refractivity contribution < 1.29 is 13.2 Å². The van der Waals surface area contributed by atoms with Gasteiger partial charge in [0.25, 0.3) is 0 Å². The smallest absolute Gasteiger partial charge is 0.224 e. The van der Waals surface area contributed by atoms with Crippen molar-refractivity contribution in [1.29, 1.82) is 0 Å². The van der Waals surface area contributed by atoms with Crippen LogP contribution in [0.1, 0.15) is 12.0 Å². The number of rotatable bonds is 4. The molecule has 0 amide bonds. The summed E-state index contributed by atoms with van der Waals surface area (Å²) in [7, 11) is -3.80. The Bertz CT molecular complexity index is 1320. The van der Waals surface area contributed by atoms with Crippen LogP contribution in [0.3, 0.4) is 0 Å². The highest BCUT2D eigenvalue weighted by molar-refractivity contribution is 7.91. The van der Waals surface area contributed by atoms with Gasteiger partial charge < -0.3 is 4.74 Å². The Labute approximate surface area is 174 Å². The minimum Gasteiger partial charge on any atom is -0.493 e. The van der Waals surface area contributed by atoms with Gasteiger partial charge >= 0.3 is 0 Å². The fourth-order valence-electron chi connectivity index (χ4n) is 4.13. The zero-order valence-corrected chi connectivity index (χ0v) is 17.3.